The number of hydrazine groups is 1. The van der Waals surface area contributed by atoms with Crippen LogP contribution in [0.15, 0.2) is 54.6 Å². The Balaban J connectivity index is 1.90. The average Bonchev–Trinajstić information content (AvgIpc) is 2.58. The molecule has 0 fully saturated rings. The predicted molar refractivity (Wildman–Crippen MR) is 89.2 cm³/mol. The van der Waals surface area contributed by atoms with Crippen LogP contribution < -0.4 is 10.9 Å². The van der Waals surface area contributed by atoms with Crippen LogP contribution in [0.3, 0.4) is 0 Å². The van der Waals surface area contributed by atoms with Crippen LogP contribution in [0.2, 0.25) is 5.02 Å². The molecule has 0 aliphatic heterocycles. The first kappa shape index (κ1) is 17.2. The highest BCUT2D eigenvalue weighted by Crippen LogP contribution is 2.14. The Hall–Kier alpha value is -3.19. The number of benzene rings is 2. The van der Waals surface area contributed by atoms with Gasteiger partial charge in [0.1, 0.15) is 0 Å². The first-order valence-electron chi connectivity index (χ1n) is 6.75. The molecule has 0 aliphatic rings. The van der Waals surface area contributed by atoms with E-state index in [1.165, 1.54) is 42.5 Å². The topological polar surface area (TPSA) is 101 Å². The number of carbonyl (C=O) groups is 2. The maximum Gasteiger partial charge on any atom is 0.271 e. The van der Waals surface area contributed by atoms with Gasteiger partial charge in [-0.25, -0.2) is 0 Å². The lowest BCUT2D eigenvalue weighted by Crippen LogP contribution is -2.40. The van der Waals surface area contributed by atoms with Gasteiger partial charge >= 0.3 is 0 Å². The molecule has 0 saturated carbocycles. The second-order valence-electron chi connectivity index (χ2n) is 4.61. The van der Waals surface area contributed by atoms with Crippen LogP contribution in [-0.4, -0.2) is 16.7 Å². The first-order chi connectivity index (χ1) is 11.5. The molecule has 2 rings (SSSR count). The highest BCUT2D eigenvalue weighted by molar-refractivity contribution is 6.33. The summed E-state index contributed by atoms with van der Waals surface area (Å²) in [5.74, 6) is -1.11. The standard InChI is InChI=1S/C16H12ClN3O4/c17-14-4-2-1-3-13(14)16(22)19-18-15(21)10-7-11-5-8-12(9-6-11)20(23)24/h1-10H,(H,18,21)(H,19,22). The molecule has 0 radical (unpaired) electrons. The summed E-state index contributed by atoms with van der Waals surface area (Å²) in [6, 6.07) is 12.1. The van der Waals surface area contributed by atoms with Crippen molar-refractivity contribution in [1.29, 1.82) is 0 Å². The molecule has 0 spiro atoms. The molecule has 24 heavy (non-hydrogen) atoms. The molecule has 2 aromatic rings. The second-order valence-corrected chi connectivity index (χ2v) is 5.01. The molecular weight excluding hydrogens is 334 g/mol. The first-order valence-corrected chi connectivity index (χ1v) is 7.12. The summed E-state index contributed by atoms with van der Waals surface area (Å²) < 4.78 is 0. The summed E-state index contributed by atoms with van der Waals surface area (Å²) in [5.41, 5.74) is 5.25. The van der Waals surface area contributed by atoms with Crippen molar-refractivity contribution in [2.75, 3.05) is 0 Å². The number of carbonyl (C=O) groups excluding carboxylic acids is 2. The molecule has 0 saturated heterocycles. The zero-order valence-electron chi connectivity index (χ0n) is 12.2. The molecule has 8 heteroatoms. The fraction of sp³-hybridized carbons (Fsp3) is 0. The lowest BCUT2D eigenvalue weighted by atomic mass is 10.2. The molecular formula is C16H12ClN3O4. The number of nitro benzene ring substituents is 1. The molecule has 122 valence electrons. The lowest BCUT2D eigenvalue weighted by molar-refractivity contribution is -0.384. The summed E-state index contributed by atoms with van der Waals surface area (Å²) in [5, 5.41) is 10.8. The molecule has 0 bridgehead atoms. The van der Waals surface area contributed by atoms with E-state index in [0.29, 0.717) is 5.56 Å². The molecule has 2 aromatic carbocycles. The van der Waals surface area contributed by atoms with Gasteiger partial charge in [-0.3, -0.25) is 30.6 Å². The molecule has 0 aromatic heterocycles. The smallest absolute Gasteiger partial charge is 0.268 e. The fourth-order valence-corrected chi connectivity index (χ4v) is 1.97. The van der Waals surface area contributed by atoms with Crippen molar-refractivity contribution in [1.82, 2.24) is 10.9 Å². The van der Waals surface area contributed by atoms with Gasteiger partial charge in [0.25, 0.3) is 17.5 Å². The largest absolute Gasteiger partial charge is 0.271 e. The number of amides is 2. The minimum atomic E-state index is -0.561. The quantitative estimate of drug-likeness (QED) is 0.505. The van der Waals surface area contributed by atoms with E-state index in [0.717, 1.165) is 0 Å². The Bertz CT molecular complexity index is 803. The van der Waals surface area contributed by atoms with E-state index in [-0.39, 0.29) is 16.3 Å². The normalized spacial score (nSPS) is 10.4. The maximum atomic E-state index is 11.8. The van der Waals surface area contributed by atoms with Gasteiger partial charge in [-0.1, -0.05) is 23.7 Å². The third-order valence-electron chi connectivity index (χ3n) is 2.95. The summed E-state index contributed by atoms with van der Waals surface area (Å²) in [7, 11) is 0. The molecule has 0 atom stereocenters. The third kappa shape index (κ3) is 4.65. The summed E-state index contributed by atoms with van der Waals surface area (Å²) >= 11 is 5.88. The van der Waals surface area contributed by atoms with E-state index in [1.54, 1.807) is 18.2 Å². The van der Waals surface area contributed by atoms with Crippen LogP contribution in [0.5, 0.6) is 0 Å². The van der Waals surface area contributed by atoms with Gasteiger partial charge in [0.15, 0.2) is 0 Å². The van der Waals surface area contributed by atoms with Crippen molar-refractivity contribution in [2.45, 2.75) is 0 Å². The molecule has 2 amide bonds. The van der Waals surface area contributed by atoms with Crippen LogP contribution in [0.4, 0.5) is 5.69 Å². The number of nitro groups is 1. The maximum absolute atomic E-state index is 11.8. The number of hydrogen-bond acceptors (Lipinski definition) is 4. The molecule has 0 unspecified atom stereocenters. The number of rotatable bonds is 4. The van der Waals surface area contributed by atoms with Crippen molar-refractivity contribution >= 4 is 35.2 Å². The van der Waals surface area contributed by atoms with Crippen LogP contribution in [-0.2, 0) is 4.79 Å². The van der Waals surface area contributed by atoms with Gasteiger partial charge in [0.05, 0.1) is 15.5 Å². The zero-order valence-corrected chi connectivity index (χ0v) is 13.0. The van der Waals surface area contributed by atoms with Gasteiger partial charge in [-0.05, 0) is 35.9 Å². The zero-order chi connectivity index (χ0) is 17.5. The monoisotopic (exact) mass is 345 g/mol. The van der Waals surface area contributed by atoms with E-state index in [4.69, 9.17) is 11.6 Å². The lowest BCUT2D eigenvalue weighted by Gasteiger charge is -2.06. The number of nitrogens with one attached hydrogen (secondary N) is 2. The van der Waals surface area contributed by atoms with Crippen molar-refractivity contribution in [3.05, 3.63) is 80.9 Å². The SMILES string of the molecule is O=C(C=Cc1ccc([N+](=O)[O-])cc1)NNC(=O)c1ccccc1Cl. The molecule has 0 heterocycles. The number of halogens is 1. The van der Waals surface area contributed by atoms with E-state index in [1.807, 2.05) is 0 Å². The van der Waals surface area contributed by atoms with Gasteiger partial charge in [0, 0.05) is 18.2 Å². The molecule has 2 N–H and O–H groups in total. The van der Waals surface area contributed by atoms with E-state index < -0.39 is 16.7 Å². The van der Waals surface area contributed by atoms with Crippen molar-refractivity contribution < 1.29 is 14.5 Å². The number of hydrogen-bond donors (Lipinski definition) is 2. The van der Waals surface area contributed by atoms with Crippen LogP contribution in [0, 0.1) is 10.1 Å². The highest BCUT2D eigenvalue weighted by Gasteiger charge is 2.09. The van der Waals surface area contributed by atoms with Gasteiger partial charge in [0.2, 0.25) is 0 Å². The number of non-ortho nitro benzene ring substituents is 1. The fourth-order valence-electron chi connectivity index (χ4n) is 1.75. The Morgan fingerprint density at radius 2 is 1.71 bits per heavy atom. The van der Waals surface area contributed by atoms with Crippen LogP contribution in [0.1, 0.15) is 15.9 Å². The summed E-state index contributed by atoms with van der Waals surface area (Å²) in [6.07, 6.45) is 2.65. The van der Waals surface area contributed by atoms with Crippen molar-refractivity contribution in [3.8, 4) is 0 Å². The average molecular weight is 346 g/mol. The second kappa shape index (κ2) is 7.89. The van der Waals surface area contributed by atoms with Gasteiger partial charge in [-0.2, -0.15) is 0 Å². The van der Waals surface area contributed by atoms with E-state index >= 15 is 0 Å². The molecule has 7 nitrogen and oxygen atoms in total. The Morgan fingerprint density at radius 3 is 2.33 bits per heavy atom. The number of nitrogens with zero attached hydrogens (tertiary/aromatic N) is 1. The van der Waals surface area contributed by atoms with Crippen LogP contribution in [0.25, 0.3) is 6.08 Å². The van der Waals surface area contributed by atoms with Crippen LogP contribution >= 0.6 is 11.6 Å². The Morgan fingerprint density at radius 1 is 1.04 bits per heavy atom. The van der Waals surface area contributed by atoms with E-state index in [9.17, 15) is 19.7 Å². The third-order valence-corrected chi connectivity index (χ3v) is 3.28. The predicted octanol–water partition coefficient (Wildman–Crippen LogP) is 2.72. The van der Waals surface area contributed by atoms with Crippen molar-refractivity contribution in [3.63, 3.8) is 0 Å². The summed E-state index contributed by atoms with van der Waals surface area (Å²) in [4.78, 5) is 33.5. The van der Waals surface area contributed by atoms with E-state index in [2.05, 4.69) is 10.9 Å². The van der Waals surface area contributed by atoms with Gasteiger partial charge < -0.3 is 0 Å². The van der Waals surface area contributed by atoms with Crippen molar-refractivity contribution in [2.24, 2.45) is 0 Å². The Kier molecular flexibility index (Phi) is 5.64. The minimum absolute atomic E-state index is 0.0383. The minimum Gasteiger partial charge on any atom is -0.268 e. The van der Waals surface area contributed by atoms with Gasteiger partial charge in [-0.15, -0.1) is 0 Å². The highest BCUT2D eigenvalue weighted by atomic mass is 35.5. The Labute approximate surface area is 142 Å². The molecule has 0 aliphatic carbocycles. The summed E-state index contributed by atoms with van der Waals surface area (Å²) in [6.45, 7) is 0.